The fourth-order valence-electron chi connectivity index (χ4n) is 1.59. The second kappa shape index (κ2) is 6.44. The number of amides is 1. The zero-order valence-electron chi connectivity index (χ0n) is 10.4. The van der Waals surface area contributed by atoms with Gasteiger partial charge < -0.3 is 15.0 Å². The van der Waals surface area contributed by atoms with E-state index in [9.17, 15) is 9.59 Å². The molecule has 0 aromatic carbocycles. The van der Waals surface area contributed by atoms with Crippen LogP contribution in [0.2, 0.25) is 5.02 Å². The van der Waals surface area contributed by atoms with E-state index in [4.69, 9.17) is 16.7 Å². The molecule has 0 aliphatic carbocycles. The summed E-state index contributed by atoms with van der Waals surface area (Å²) in [5.41, 5.74) is 0.491. The van der Waals surface area contributed by atoms with Crippen LogP contribution in [0.4, 0.5) is 0 Å². The summed E-state index contributed by atoms with van der Waals surface area (Å²) in [4.78, 5) is 22.2. The first kappa shape index (κ1) is 14.6. The second-order valence-corrected chi connectivity index (χ2v) is 4.73. The fourth-order valence-corrected chi connectivity index (χ4v) is 1.80. The van der Waals surface area contributed by atoms with Crippen LogP contribution in [-0.4, -0.2) is 28.1 Å². The van der Waals surface area contributed by atoms with E-state index < -0.39 is 5.97 Å². The zero-order valence-corrected chi connectivity index (χ0v) is 11.2. The minimum atomic E-state index is -0.863. The molecule has 0 aliphatic heterocycles. The van der Waals surface area contributed by atoms with Crippen molar-refractivity contribution >= 4 is 23.5 Å². The third kappa shape index (κ3) is 4.07. The van der Waals surface area contributed by atoms with Crippen molar-refractivity contribution < 1.29 is 14.7 Å². The first-order chi connectivity index (χ1) is 8.41. The maximum atomic E-state index is 11.9. The van der Waals surface area contributed by atoms with Crippen LogP contribution < -0.4 is 5.32 Å². The second-order valence-electron chi connectivity index (χ2n) is 4.30. The molecule has 0 radical (unpaired) electrons. The number of hydrogen-bond donors (Lipinski definition) is 2. The summed E-state index contributed by atoms with van der Waals surface area (Å²) in [6, 6.07) is 1.74. The number of carboxylic acid groups (broad SMARTS) is 1. The molecule has 1 aromatic heterocycles. The Kier molecular flexibility index (Phi) is 5.22. The van der Waals surface area contributed by atoms with Gasteiger partial charge in [-0.3, -0.25) is 9.59 Å². The van der Waals surface area contributed by atoms with Gasteiger partial charge in [-0.05, 0) is 26.3 Å². The van der Waals surface area contributed by atoms with E-state index in [0.29, 0.717) is 23.7 Å². The molecule has 0 unspecified atom stereocenters. The third-order valence-electron chi connectivity index (χ3n) is 2.46. The summed E-state index contributed by atoms with van der Waals surface area (Å²) in [7, 11) is 0. The van der Waals surface area contributed by atoms with Crippen molar-refractivity contribution in [1.82, 2.24) is 9.88 Å². The van der Waals surface area contributed by atoms with Gasteiger partial charge in [-0.15, -0.1) is 0 Å². The van der Waals surface area contributed by atoms with Gasteiger partial charge in [0.05, 0.1) is 5.02 Å². The standard InChI is InChI=1S/C12H17ClN2O3/c1-8(2)15-7-9(13)6-10(15)12(18)14-5-3-4-11(16)17/h6-8H,3-5H2,1-2H3,(H,14,18)(H,16,17). The van der Waals surface area contributed by atoms with Crippen molar-refractivity contribution in [3.8, 4) is 0 Å². The third-order valence-corrected chi connectivity index (χ3v) is 2.66. The molecular formula is C12H17ClN2O3. The fraction of sp³-hybridized carbons (Fsp3) is 0.500. The Bertz CT molecular complexity index is 441. The molecular weight excluding hydrogens is 256 g/mol. The van der Waals surface area contributed by atoms with Gasteiger partial charge in [0.15, 0.2) is 0 Å². The SMILES string of the molecule is CC(C)n1cc(Cl)cc1C(=O)NCCCC(=O)O. The summed E-state index contributed by atoms with van der Waals surface area (Å²) < 4.78 is 1.79. The Balaban J connectivity index is 2.58. The number of rotatable bonds is 6. The van der Waals surface area contributed by atoms with Crippen molar-refractivity contribution in [1.29, 1.82) is 0 Å². The van der Waals surface area contributed by atoms with Gasteiger partial charge in [-0.25, -0.2) is 0 Å². The number of carbonyl (C=O) groups is 2. The van der Waals surface area contributed by atoms with Gasteiger partial charge in [0.2, 0.25) is 0 Å². The average molecular weight is 273 g/mol. The largest absolute Gasteiger partial charge is 0.481 e. The van der Waals surface area contributed by atoms with E-state index in [0.717, 1.165) is 0 Å². The van der Waals surface area contributed by atoms with Crippen molar-refractivity contribution in [3.05, 3.63) is 23.0 Å². The van der Waals surface area contributed by atoms with E-state index >= 15 is 0 Å². The van der Waals surface area contributed by atoms with Crippen LogP contribution in [0.3, 0.4) is 0 Å². The molecule has 6 heteroatoms. The number of carboxylic acids is 1. The zero-order chi connectivity index (χ0) is 13.7. The molecule has 1 rings (SSSR count). The molecule has 0 atom stereocenters. The Labute approximate surface area is 111 Å². The monoisotopic (exact) mass is 272 g/mol. The lowest BCUT2D eigenvalue weighted by atomic mass is 10.3. The molecule has 2 N–H and O–H groups in total. The van der Waals surface area contributed by atoms with Crippen LogP contribution in [0.15, 0.2) is 12.3 Å². The maximum absolute atomic E-state index is 11.9. The lowest BCUT2D eigenvalue weighted by Gasteiger charge is -2.12. The smallest absolute Gasteiger partial charge is 0.303 e. The highest BCUT2D eigenvalue weighted by Crippen LogP contribution is 2.18. The summed E-state index contributed by atoms with van der Waals surface area (Å²) >= 11 is 5.88. The van der Waals surface area contributed by atoms with Crippen LogP contribution in [-0.2, 0) is 4.79 Å². The lowest BCUT2D eigenvalue weighted by Crippen LogP contribution is -2.27. The Hall–Kier alpha value is -1.49. The van der Waals surface area contributed by atoms with Crippen LogP contribution >= 0.6 is 11.6 Å². The molecule has 0 saturated heterocycles. The van der Waals surface area contributed by atoms with Crippen molar-refractivity contribution in [2.45, 2.75) is 32.7 Å². The van der Waals surface area contributed by atoms with E-state index in [1.807, 2.05) is 13.8 Å². The lowest BCUT2D eigenvalue weighted by molar-refractivity contribution is -0.137. The highest BCUT2D eigenvalue weighted by atomic mass is 35.5. The molecule has 100 valence electrons. The quantitative estimate of drug-likeness (QED) is 0.781. The van der Waals surface area contributed by atoms with Gasteiger partial charge >= 0.3 is 5.97 Å². The summed E-state index contributed by atoms with van der Waals surface area (Å²) in [6.07, 6.45) is 2.17. The molecule has 1 heterocycles. The van der Waals surface area contributed by atoms with E-state index in [1.54, 1.807) is 16.8 Å². The van der Waals surface area contributed by atoms with Crippen LogP contribution in [0.1, 0.15) is 43.2 Å². The van der Waals surface area contributed by atoms with E-state index in [2.05, 4.69) is 5.32 Å². The number of nitrogens with zero attached hydrogens (tertiary/aromatic N) is 1. The first-order valence-electron chi connectivity index (χ1n) is 5.79. The summed E-state index contributed by atoms with van der Waals surface area (Å²) in [6.45, 7) is 4.25. The Morgan fingerprint density at radius 2 is 2.17 bits per heavy atom. The van der Waals surface area contributed by atoms with Crippen molar-refractivity contribution in [3.63, 3.8) is 0 Å². The molecule has 0 bridgehead atoms. The maximum Gasteiger partial charge on any atom is 0.303 e. The minimum Gasteiger partial charge on any atom is -0.481 e. The van der Waals surface area contributed by atoms with Crippen LogP contribution in [0.25, 0.3) is 0 Å². The highest BCUT2D eigenvalue weighted by Gasteiger charge is 2.14. The molecule has 0 aliphatic rings. The molecule has 18 heavy (non-hydrogen) atoms. The minimum absolute atomic E-state index is 0.0478. The molecule has 0 saturated carbocycles. The molecule has 1 amide bonds. The summed E-state index contributed by atoms with van der Waals surface area (Å²) in [5.74, 6) is -1.10. The number of halogens is 1. The molecule has 1 aromatic rings. The number of carbonyl (C=O) groups excluding carboxylic acids is 1. The Morgan fingerprint density at radius 3 is 2.72 bits per heavy atom. The Morgan fingerprint density at radius 1 is 1.50 bits per heavy atom. The average Bonchev–Trinajstić information content (AvgIpc) is 2.66. The van der Waals surface area contributed by atoms with E-state index in [-0.39, 0.29) is 18.4 Å². The predicted octanol–water partition coefficient (Wildman–Crippen LogP) is 2.32. The predicted molar refractivity (Wildman–Crippen MR) is 69.0 cm³/mol. The summed E-state index contributed by atoms with van der Waals surface area (Å²) in [5, 5.41) is 11.7. The normalized spacial score (nSPS) is 10.7. The number of aromatic nitrogens is 1. The van der Waals surface area contributed by atoms with Crippen LogP contribution in [0.5, 0.6) is 0 Å². The van der Waals surface area contributed by atoms with Gasteiger partial charge in [0.25, 0.3) is 5.91 Å². The molecule has 0 fully saturated rings. The van der Waals surface area contributed by atoms with E-state index in [1.165, 1.54) is 0 Å². The first-order valence-corrected chi connectivity index (χ1v) is 6.17. The molecule has 5 nitrogen and oxygen atoms in total. The van der Waals surface area contributed by atoms with Gasteiger partial charge in [0.1, 0.15) is 5.69 Å². The number of hydrogen-bond acceptors (Lipinski definition) is 2. The number of nitrogens with one attached hydrogen (secondary N) is 1. The van der Waals surface area contributed by atoms with Gasteiger partial charge in [-0.1, -0.05) is 11.6 Å². The van der Waals surface area contributed by atoms with Crippen LogP contribution in [0, 0.1) is 0 Å². The van der Waals surface area contributed by atoms with Crippen molar-refractivity contribution in [2.75, 3.05) is 6.54 Å². The van der Waals surface area contributed by atoms with Crippen molar-refractivity contribution in [2.24, 2.45) is 0 Å². The van der Waals surface area contributed by atoms with Gasteiger partial charge in [0, 0.05) is 25.2 Å². The highest BCUT2D eigenvalue weighted by molar-refractivity contribution is 6.31. The number of aliphatic carboxylic acids is 1. The van der Waals surface area contributed by atoms with Gasteiger partial charge in [-0.2, -0.15) is 0 Å². The molecule has 0 spiro atoms. The topological polar surface area (TPSA) is 71.3 Å².